The van der Waals surface area contributed by atoms with Gasteiger partial charge in [-0.05, 0) is 42.7 Å². The molecule has 0 radical (unpaired) electrons. The Morgan fingerprint density at radius 1 is 1.03 bits per heavy atom. The van der Waals surface area contributed by atoms with Gasteiger partial charge in [0.15, 0.2) is 6.10 Å². The smallest absolute Gasteiger partial charge is 0.326 e. The maximum absolute atomic E-state index is 12.4. The second kappa shape index (κ2) is 8.10. The van der Waals surface area contributed by atoms with Crippen molar-refractivity contribution in [1.82, 2.24) is 4.90 Å². The summed E-state index contributed by atoms with van der Waals surface area (Å²) < 4.78 is 5.17. The summed E-state index contributed by atoms with van der Waals surface area (Å²) in [4.78, 5) is 50.5. The van der Waals surface area contributed by atoms with Crippen molar-refractivity contribution in [3.63, 3.8) is 0 Å². The van der Waals surface area contributed by atoms with Crippen LogP contribution in [0.3, 0.4) is 0 Å². The zero-order chi connectivity index (χ0) is 21.3. The first-order valence-corrected chi connectivity index (χ1v) is 9.93. The molecule has 1 aliphatic heterocycles. The topological polar surface area (TPSA) is 92.8 Å². The minimum absolute atomic E-state index is 0.348. The fraction of sp³-hybridized carbons (Fsp3) is 0.304. The van der Waals surface area contributed by atoms with Crippen molar-refractivity contribution in [3.8, 4) is 0 Å². The van der Waals surface area contributed by atoms with Gasteiger partial charge in [0.2, 0.25) is 11.8 Å². The molecule has 1 heterocycles. The highest BCUT2D eigenvalue weighted by molar-refractivity contribution is 6.07. The summed E-state index contributed by atoms with van der Waals surface area (Å²) in [7, 11) is 0. The molecule has 7 nitrogen and oxygen atoms in total. The molecule has 2 aliphatic rings. The molecule has 154 valence electrons. The van der Waals surface area contributed by atoms with Crippen molar-refractivity contribution in [2.24, 2.45) is 11.8 Å². The van der Waals surface area contributed by atoms with Gasteiger partial charge in [-0.15, -0.1) is 0 Å². The third-order valence-electron chi connectivity index (χ3n) is 5.58. The minimum Gasteiger partial charge on any atom is -0.451 e. The average molecular weight is 406 g/mol. The molecule has 1 aliphatic carbocycles. The lowest BCUT2D eigenvalue weighted by Gasteiger charge is -2.17. The van der Waals surface area contributed by atoms with Crippen molar-refractivity contribution in [2.45, 2.75) is 25.9 Å². The van der Waals surface area contributed by atoms with E-state index in [9.17, 15) is 19.2 Å². The molecule has 1 N–H and O–H groups in total. The van der Waals surface area contributed by atoms with Crippen molar-refractivity contribution in [3.05, 3.63) is 54.6 Å². The van der Waals surface area contributed by atoms with Crippen LogP contribution in [-0.2, 0) is 23.9 Å². The predicted octanol–water partition coefficient (Wildman–Crippen LogP) is 2.66. The van der Waals surface area contributed by atoms with Crippen LogP contribution in [0, 0.1) is 11.8 Å². The number of likely N-dealkylation sites (tertiary alicyclic amines) is 1. The lowest BCUT2D eigenvalue weighted by Crippen LogP contribution is -2.39. The standard InChI is InChI=1S/C23H22N2O5/c1-14(21(27)24-17-11-10-15-6-2-3-7-16(15)12-17)30-20(26)13-25-22(28)18-8-4-5-9-19(18)23(25)29/h2-7,10-12,14,18-19H,8-9,13H2,1H3,(H,24,27)/t14-,18-,19+/m0/s1. The Hall–Kier alpha value is -3.48. The molecule has 3 atom stereocenters. The van der Waals surface area contributed by atoms with E-state index in [4.69, 9.17) is 4.74 Å². The number of nitrogens with zero attached hydrogens (tertiary/aromatic N) is 1. The molecular weight excluding hydrogens is 384 g/mol. The van der Waals surface area contributed by atoms with Gasteiger partial charge in [-0.1, -0.05) is 42.5 Å². The fourth-order valence-electron chi connectivity index (χ4n) is 3.95. The first kappa shape index (κ1) is 19.8. The number of amides is 3. The van der Waals surface area contributed by atoms with Crippen molar-refractivity contribution >= 4 is 40.2 Å². The fourth-order valence-corrected chi connectivity index (χ4v) is 3.95. The van der Waals surface area contributed by atoms with Crippen molar-refractivity contribution < 1.29 is 23.9 Å². The SMILES string of the molecule is C[C@H](OC(=O)CN1C(=O)[C@H]2CC=CC[C@H]2C1=O)C(=O)Nc1ccc2ccccc2c1. The number of rotatable bonds is 5. The Morgan fingerprint density at radius 2 is 1.67 bits per heavy atom. The number of ether oxygens (including phenoxy) is 1. The quantitative estimate of drug-likeness (QED) is 0.468. The molecule has 4 rings (SSSR count). The first-order valence-electron chi connectivity index (χ1n) is 9.93. The Bertz CT molecular complexity index is 1030. The number of carbonyl (C=O) groups excluding carboxylic acids is 4. The molecule has 2 aromatic carbocycles. The summed E-state index contributed by atoms with van der Waals surface area (Å²) in [6.45, 7) is 0.976. The molecule has 30 heavy (non-hydrogen) atoms. The lowest BCUT2D eigenvalue weighted by atomic mass is 9.85. The van der Waals surface area contributed by atoms with Gasteiger partial charge < -0.3 is 10.1 Å². The summed E-state index contributed by atoms with van der Waals surface area (Å²) in [6, 6.07) is 13.2. The van der Waals surface area contributed by atoms with Gasteiger partial charge in [-0.2, -0.15) is 0 Å². The van der Waals surface area contributed by atoms with E-state index in [2.05, 4.69) is 5.32 Å². The van der Waals surface area contributed by atoms with Crippen molar-refractivity contribution in [1.29, 1.82) is 0 Å². The van der Waals surface area contributed by atoms with Crippen molar-refractivity contribution in [2.75, 3.05) is 11.9 Å². The van der Waals surface area contributed by atoms with Crippen LogP contribution in [-0.4, -0.2) is 41.2 Å². The predicted molar refractivity (Wildman–Crippen MR) is 110 cm³/mol. The van der Waals surface area contributed by atoms with Gasteiger partial charge in [-0.25, -0.2) is 0 Å². The lowest BCUT2D eigenvalue weighted by molar-refractivity contribution is -0.158. The molecule has 1 saturated heterocycles. The third kappa shape index (κ3) is 3.83. The van der Waals surface area contributed by atoms with E-state index in [1.165, 1.54) is 6.92 Å². The molecule has 7 heteroatoms. The van der Waals surface area contributed by atoms with Crippen LogP contribution < -0.4 is 5.32 Å². The summed E-state index contributed by atoms with van der Waals surface area (Å²) in [6.07, 6.45) is 3.71. The maximum atomic E-state index is 12.4. The number of anilines is 1. The van der Waals surface area contributed by atoms with Crippen LogP contribution in [0.1, 0.15) is 19.8 Å². The molecular formula is C23H22N2O5. The number of esters is 1. The Morgan fingerprint density at radius 3 is 2.33 bits per heavy atom. The van der Waals surface area contributed by atoms with Crippen LogP contribution >= 0.6 is 0 Å². The van der Waals surface area contributed by atoms with Gasteiger partial charge in [-0.3, -0.25) is 24.1 Å². The molecule has 0 spiro atoms. The monoisotopic (exact) mass is 406 g/mol. The van der Waals surface area contributed by atoms with Crippen LogP contribution in [0.4, 0.5) is 5.69 Å². The van der Waals surface area contributed by atoms with E-state index in [1.54, 1.807) is 6.07 Å². The van der Waals surface area contributed by atoms with Gasteiger partial charge >= 0.3 is 5.97 Å². The van der Waals surface area contributed by atoms with E-state index in [1.807, 2.05) is 48.6 Å². The van der Waals surface area contributed by atoms with E-state index in [-0.39, 0.29) is 11.8 Å². The zero-order valence-electron chi connectivity index (χ0n) is 16.5. The summed E-state index contributed by atoms with van der Waals surface area (Å²) in [5.74, 6) is -2.77. The number of allylic oxidation sites excluding steroid dienone is 2. The average Bonchev–Trinajstić information content (AvgIpc) is 2.98. The van der Waals surface area contributed by atoms with Crippen LogP contribution in [0.2, 0.25) is 0 Å². The summed E-state index contributed by atoms with van der Waals surface area (Å²) >= 11 is 0. The van der Waals surface area contributed by atoms with E-state index < -0.39 is 36.4 Å². The highest BCUT2D eigenvalue weighted by Gasteiger charge is 2.47. The van der Waals surface area contributed by atoms with E-state index in [0.717, 1.165) is 15.7 Å². The highest BCUT2D eigenvalue weighted by Crippen LogP contribution is 2.34. The molecule has 3 amide bonds. The first-order chi connectivity index (χ1) is 14.4. The van der Waals surface area contributed by atoms with Gasteiger partial charge in [0.1, 0.15) is 6.54 Å². The van der Waals surface area contributed by atoms with Gasteiger partial charge in [0.05, 0.1) is 11.8 Å². The molecule has 0 bridgehead atoms. The number of carbonyl (C=O) groups is 4. The maximum Gasteiger partial charge on any atom is 0.326 e. The molecule has 0 saturated carbocycles. The zero-order valence-corrected chi connectivity index (χ0v) is 16.5. The minimum atomic E-state index is -1.07. The molecule has 1 fully saturated rings. The summed E-state index contributed by atoms with van der Waals surface area (Å²) in [5, 5.41) is 4.74. The molecule has 0 unspecified atom stereocenters. The number of nitrogens with one attached hydrogen (secondary N) is 1. The largest absolute Gasteiger partial charge is 0.451 e. The highest BCUT2D eigenvalue weighted by atomic mass is 16.5. The van der Waals surface area contributed by atoms with Crippen LogP contribution in [0.5, 0.6) is 0 Å². The molecule has 2 aromatic rings. The number of hydrogen-bond acceptors (Lipinski definition) is 5. The van der Waals surface area contributed by atoms with E-state index >= 15 is 0 Å². The second-order valence-electron chi connectivity index (χ2n) is 7.60. The number of hydrogen-bond donors (Lipinski definition) is 1. The molecule has 0 aromatic heterocycles. The number of imide groups is 1. The Labute approximate surface area is 173 Å². The second-order valence-corrected chi connectivity index (χ2v) is 7.60. The Kier molecular flexibility index (Phi) is 5.35. The summed E-state index contributed by atoms with van der Waals surface area (Å²) in [5.41, 5.74) is 0.586. The van der Waals surface area contributed by atoms with Crippen LogP contribution in [0.15, 0.2) is 54.6 Å². The van der Waals surface area contributed by atoms with E-state index in [0.29, 0.717) is 18.5 Å². The Balaban J connectivity index is 1.34. The number of benzene rings is 2. The number of fused-ring (bicyclic) bond motifs is 2. The van der Waals surface area contributed by atoms with Crippen LogP contribution in [0.25, 0.3) is 10.8 Å². The van der Waals surface area contributed by atoms with Gasteiger partial charge in [0, 0.05) is 5.69 Å². The third-order valence-corrected chi connectivity index (χ3v) is 5.58. The van der Waals surface area contributed by atoms with Gasteiger partial charge in [0.25, 0.3) is 5.91 Å². The normalized spacial score (nSPS) is 21.4.